The Bertz CT molecular complexity index is 1840. The quantitative estimate of drug-likeness (QED) is 0.144. The van der Waals surface area contributed by atoms with Crippen LogP contribution in [0, 0.1) is 35.7 Å². The van der Waals surface area contributed by atoms with Gasteiger partial charge in [-0.25, -0.2) is 18.0 Å². The number of halogens is 9. The molecular weight excluding hydrogens is 711 g/mol. The molecule has 0 bridgehead atoms. The van der Waals surface area contributed by atoms with E-state index in [2.05, 4.69) is 16.6 Å². The molecule has 3 aromatic carbocycles. The highest BCUT2D eigenvalue weighted by atomic mass is 35.5. The summed E-state index contributed by atoms with van der Waals surface area (Å²) in [5.74, 6) is -6.22. The maximum absolute atomic E-state index is 15.6. The number of anilines is 3. The van der Waals surface area contributed by atoms with Gasteiger partial charge in [0.2, 0.25) is 5.91 Å². The number of carbonyl (C=O) groups is 3. The molecule has 0 aromatic heterocycles. The van der Waals surface area contributed by atoms with Gasteiger partial charge in [0, 0.05) is 11.6 Å². The standard InChI is InChI=1S/C32H24Cl3F6N3O4/c1-5-12-44(29(47)48-30(2,3)4)26-21(37)10-11-22(25(26)38)43-27(45)17-14-16(7-8-19(17)33)42-28(46)24-23(31(24,34)35)15-6-9-20(36)18(13-15)32(39,40)41/h1,6-11,13-14,23-24H,12H2,2-4H3,(H,42,46)(H,43,45)/t23-,24+/m0/s1. The normalized spacial score (nSPS) is 16.8. The number of ether oxygens (including phenoxy) is 1. The number of hydrogen-bond acceptors (Lipinski definition) is 4. The predicted molar refractivity (Wildman–Crippen MR) is 169 cm³/mol. The predicted octanol–water partition coefficient (Wildman–Crippen LogP) is 8.93. The van der Waals surface area contributed by atoms with Crippen LogP contribution < -0.4 is 15.5 Å². The molecule has 4 rings (SSSR count). The van der Waals surface area contributed by atoms with Gasteiger partial charge in [-0.15, -0.1) is 29.6 Å². The molecule has 0 unspecified atom stereocenters. The van der Waals surface area contributed by atoms with E-state index >= 15 is 4.39 Å². The minimum atomic E-state index is -5.01. The molecule has 48 heavy (non-hydrogen) atoms. The van der Waals surface area contributed by atoms with Gasteiger partial charge in [0.15, 0.2) is 5.82 Å². The number of rotatable bonds is 7. The SMILES string of the molecule is C#CCN(C(=O)OC(C)(C)C)c1c(F)ccc(NC(=O)c2cc(NC(=O)[C@H]3[C@H](c4ccc(F)c(C(F)(F)F)c4)C3(Cl)Cl)ccc2Cl)c1F. The average molecular weight is 735 g/mol. The summed E-state index contributed by atoms with van der Waals surface area (Å²) in [5.41, 5.74) is -4.51. The molecule has 0 heterocycles. The Labute approximate surface area is 285 Å². The van der Waals surface area contributed by atoms with Crippen molar-refractivity contribution in [2.45, 2.75) is 42.8 Å². The first-order valence-corrected chi connectivity index (χ1v) is 14.9. The van der Waals surface area contributed by atoms with Crippen LogP contribution in [0.15, 0.2) is 48.5 Å². The van der Waals surface area contributed by atoms with Crippen LogP contribution >= 0.6 is 34.8 Å². The summed E-state index contributed by atoms with van der Waals surface area (Å²) in [6.45, 7) is 4.02. The van der Waals surface area contributed by atoms with E-state index in [1.807, 2.05) is 0 Å². The van der Waals surface area contributed by atoms with E-state index in [0.29, 0.717) is 17.0 Å². The second-order valence-electron chi connectivity index (χ2n) is 11.5. The van der Waals surface area contributed by atoms with E-state index in [1.165, 1.54) is 32.9 Å². The topological polar surface area (TPSA) is 87.7 Å². The second kappa shape index (κ2) is 13.4. The fourth-order valence-corrected chi connectivity index (χ4v) is 5.77. The summed E-state index contributed by atoms with van der Waals surface area (Å²) < 4.78 is 87.3. The fourth-order valence-electron chi connectivity index (χ4n) is 4.74. The van der Waals surface area contributed by atoms with Crippen LogP contribution in [0.1, 0.15) is 48.2 Å². The third-order valence-corrected chi connectivity index (χ3v) is 8.19. The van der Waals surface area contributed by atoms with E-state index < -0.39 is 86.8 Å². The van der Waals surface area contributed by atoms with Gasteiger partial charge in [0.25, 0.3) is 5.91 Å². The number of nitrogens with one attached hydrogen (secondary N) is 2. The van der Waals surface area contributed by atoms with Gasteiger partial charge in [-0.3, -0.25) is 14.5 Å². The van der Waals surface area contributed by atoms with Crippen LogP contribution in [-0.4, -0.2) is 34.4 Å². The number of alkyl halides is 5. The summed E-state index contributed by atoms with van der Waals surface area (Å²) in [7, 11) is 0. The van der Waals surface area contributed by atoms with Gasteiger partial charge in [-0.05, 0) is 68.8 Å². The zero-order valence-electron chi connectivity index (χ0n) is 25.0. The lowest BCUT2D eigenvalue weighted by Gasteiger charge is -2.27. The summed E-state index contributed by atoms with van der Waals surface area (Å²) in [6.07, 6.45) is -0.855. The number of carbonyl (C=O) groups excluding carboxylic acids is 3. The highest BCUT2D eigenvalue weighted by Gasteiger charge is 2.67. The molecule has 1 aliphatic carbocycles. The van der Waals surface area contributed by atoms with Gasteiger partial charge in [-0.1, -0.05) is 23.6 Å². The van der Waals surface area contributed by atoms with E-state index in [1.54, 1.807) is 0 Å². The summed E-state index contributed by atoms with van der Waals surface area (Å²) >= 11 is 18.7. The molecule has 2 atom stereocenters. The van der Waals surface area contributed by atoms with E-state index in [0.717, 1.165) is 24.3 Å². The van der Waals surface area contributed by atoms with Crippen molar-refractivity contribution in [1.82, 2.24) is 0 Å². The molecule has 0 saturated heterocycles. The summed E-state index contributed by atoms with van der Waals surface area (Å²) in [5, 5.41) is 4.51. The van der Waals surface area contributed by atoms with Gasteiger partial charge < -0.3 is 15.4 Å². The first-order chi connectivity index (χ1) is 22.2. The Kier molecular flexibility index (Phi) is 10.3. The van der Waals surface area contributed by atoms with Gasteiger partial charge in [0.05, 0.1) is 34.3 Å². The van der Waals surface area contributed by atoms with Crippen LogP contribution in [-0.2, 0) is 15.7 Å². The average Bonchev–Trinajstić information content (AvgIpc) is 3.55. The zero-order chi connectivity index (χ0) is 35.9. The maximum Gasteiger partial charge on any atom is 0.419 e. The number of benzene rings is 3. The summed E-state index contributed by atoms with van der Waals surface area (Å²) in [4.78, 5) is 39.5. The lowest BCUT2D eigenvalue weighted by molar-refractivity contribution is -0.140. The molecule has 2 N–H and O–H groups in total. The number of terminal acetylenes is 1. The molecule has 1 aliphatic rings. The van der Waals surface area contributed by atoms with Crippen molar-refractivity contribution in [3.8, 4) is 12.3 Å². The Morgan fingerprint density at radius 2 is 1.62 bits per heavy atom. The minimum Gasteiger partial charge on any atom is -0.443 e. The van der Waals surface area contributed by atoms with Crippen molar-refractivity contribution in [1.29, 1.82) is 0 Å². The van der Waals surface area contributed by atoms with Crippen molar-refractivity contribution in [3.05, 3.63) is 87.7 Å². The molecular formula is C32H24Cl3F6N3O4. The lowest BCUT2D eigenvalue weighted by Crippen LogP contribution is -2.38. The highest BCUT2D eigenvalue weighted by molar-refractivity contribution is 6.53. The first-order valence-electron chi connectivity index (χ1n) is 13.8. The van der Waals surface area contributed by atoms with Crippen LogP contribution in [0.3, 0.4) is 0 Å². The maximum atomic E-state index is 15.6. The van der Waals surface area contributed by atoms with Crippen LogP contribution in [0.25, 0.3) is 0 Å². The fraction of sp³-hybridized carbons (Fsp3) is 0.281. The Balaban J connectivity index is 1.56. The van der Waals surface area contributed by atoms with Crippen LogP contribution in [0.2, 0.25) is 5.02 Å². The molecule has 3 amide bonds. The molecule has 1 fully saturated rings. The molecule has 1 saturated carbocycles. The third-order valence-electron chi connectivity index (χ3n) is 6.92. The highest BCUT2D eigenvalue weighted by Crippen LogP contribution is 2.65. The largest absolute Gasteiger partial charge is 0.443 e. The Morgan fingerprint density at radius 3 is 2.23 bits per heavy atom. The van der Waals surface area contributed by atoms with Gasteiger partial charge in [0.1, 0.15) is 27.3 Å². The first kappa shape index (κ1) is 36.7. The molecule has 0 aliphatic heterocycles. The molecule has 7 nitrogen and oxygen atoms in total. The van der Waals surface area contributed by atoms with Crippen molar-refractivity contribution in [2.24, 2.45) is 5.92 Å². The number of nitrogens with zero attached hydrogens (tertiary/aromatic N) is 1. The lowest BCUT2D eigenvalue weighted by atomic mass is 10.0. The second-order valence-corrected chi connectivity index (χ2v) is 13.4. The zero-order valence-corrected chi connectivity index (χ0v) is 27.3. The molecule has 254 valence electrons. The molecule has 3 aromatic rings. The number of amides is 3. The van der Waals surface area contributed by atoms with Crippen molar-refractivity contribution < 1.29 is 45.5 Å². The van der Waals surface area contributed by atoms with Crippen LogP contribution in [0.5, 0.6) is 0 Å². The monoisotopic (exact) mass is 733 g/mol. The van der Waals surface area contributed by atoms with E-state index in [-0.39, 0.29) is 21.8 Å². The molecule has 16 heteroatoms. The Morgan fingerprint density at radius 1 is 0.979 bits per heavy atom. The minimum absolute atomic E-state index is 0.0372. The number of hydrogen-bond donors (Lipinski definition) is 2. The van der Waals surface area contributed by atoms with Crippen molar-refractivity contribution >= 4 is 69.8 Å². The summed E-state index contributed by atoms with van der Waals surface area (Å²) in [6, 6.07) is 7.43. The van der Waals surface area contributed by atoms with E-state index in [4.69, 9.17) is 46.0 Å². The van der Waals surface area contributed by atoms with Crippen molar-refractivity contribution in [2.75, 3.05) is 22.1 Å². The van der Waals surface area contributed by atoms with Gasteiger partial charge >= 0.3 is 12.3 Å². The van der Waals surface area contributed by atoms with Crippen LogP contribution in [0.4, 0.5) is 48.2 Å². The third kappa shape index (κ3) is 7.77. The van der Waals surface area contributed by atoms with Gasteiger partial charge in [-0.2, -0.15) is 13.2 Å². The van der Waals surface area contributed by atoms with Crippen molar-refractivity contribution in [3.63, 3.8) is 0 Å². The molecule has 0 radical (unpaired) electrons. The van der Waals surface area contributed by atoms with E-state index in [9.17, 15) is 36.3 Å². The molecule has 0 spiro atoms. The smallest absolute Gasteiger partial charge is 0.419 e. The Hall–Kier alpha value is -4.12.